The van der Waals surface area contributed by atoms with Gasteiger partial charge in [0.2, 0.25) is 0 Å². The molecule has 0 spiro atoms. The normalized spacial score (nSPS) is 24.0. The lowest BCUT2D eigenvalue weighted by atomic mass is 9.89. The summed E-state index contributed by atoms with van der Waals surface area (Å²) in [7, 11) is 3.86. The van der Waals surface area contributed by atoms with Crippen LogP contribution in [0.1, 0.15) is 26.7 Å². The number of hydrogen-bond donors (Lipinski definition) is 1. The van der Waals surface area contributed by atoms with E-state index < -0.39 is 0 Å². The fourth-order valence-corrected chi connectivity index (χ4v) is 2.26. The summed E-state index contributed by atoms with van der Waals surface area (Å²) in [5.74, 6) is 0.647. The van der Waals surface area contributed by atoms with E-state index in [1.165, 1.54) is 32.5 Å². The molecule has 1 N–H and O–H groups in total. The van der Waals surface area contributed by atoms with Gasteiger partial charge in [-0.3, -0.25) is 0 Å². The minimum Gasteiger partial charge on any atom is -0.384 e. The minimum absolute atomic E-state index is 0.362. The van der Waals surface area contributed by atoms with Crippen LogP contribution in [-0.4, -0.2) is 50.8 Å². The van der Waals surface area contributed by atoms with Crippen LogP contribution < -0.4 is 5.32 Å². The van der Waals surface area contributed by atoms with E-state index in [1.807, 2.05) is 0 Å². The smallest absolute Gasteiger partial charge is 0.0500 e. The standard InChI is InChI=1S/C12H26N2O/c1-11(10-15-4)9-14-7-5-12(2,13-3)6-8-14/h11,13H,5-10H2,1-4H3. The molecule has 3 heteroatoms. The first-order valence-corrected chi connectivity index (χ1v) is 6.00. The van der Waals surface area contributed by atoms with Gasteiger partial charge in [-0.25, -0.2) is 0 Å². The molecule has 1 saturated heterocycles. The van der Waals surface area contributed by atoms with E-state index in [0.29, 0.717) is 11.5 Å². The summed E-state index contributed by atoms with van der Waals surface area (Å²) < 4.78 is 5.17. The summed E-state index contributed by atoms with van der Waals surface area (Å²) in [6.07, 6.45) is 2.51. The van der Waals surface area contributed by atoms with Crippen molar-refractivity contribution in [3.8, 4) is 0 Å². The third kappa shape index (κ3) is 4.09. The van der Waals surface area contributed by atoms with Gasteiger partial charge in [0.25, 0.3) is 0 Å². The predicted octanol–water partition coefficient (Wildman–Crippen LogP) is 1.34. The number of piperidine rings is 1. The van der Waals surface area contributed by atoms with Gasteiger partial charge in [0.05, 0.1) is 0 Å². The first-order valence-electron chi connectivity index (χ1n) is 6.00. The van der Waals surface area contributed by atoms with Gasteiger partial charge in [0.15, 0.2) is 0 Å². The minimum atomic E-state index is 0.362. The quantitative estimate of drug-likeness (QED) is 0.747. The zero-order valence-corrected chi connectivity index (χ0v) is 10.7. The average Bonchev–Trinajstić information content (AvgIpc) is 2.22. The molecule has 1 heterocycles. The highest BCUT2D eigenvalue weighted by atomic mass is 16.5. The van der Waals surface area contributed by atoms with Gasteiger partial charge >= 0.3 is 0 Å². The van der Waals surface area contributed by atoms with Crippen LogP contribution in [0.4, 0.5) is 0 Å². The molecule has 0 aliphatic carbocycles. The molecule has 1 aliphatic rings. The van der Waals surface area contributed by atoms with Crippen LogP contribution in [0.3, 0.4) is 0 Å². The monoisotopic (exact) mass is 214 g/mol. The molecule has 0 aromatic rings. The van der Waals surface area contributed by atoms with Gasteiger partial charge in [0, 0.05) is 25.8 Å². The highest BCUT2D eigenvalue weighted by molar-refractivity contribution is 4.88. The molecule has 1 unspecified atom stereocenters. The van der Waals surface area contributed by atoms with E-state index in [9.17, 15) is 0 Å². The summed E-state index contributed by atoms with van der Waals surface area (Å²) >= 11 is 0. The molecule has 90 valence electrons. The topological polar surface area (TPSA) is 24.5 Å². The lowest BCUT2D eigenvalue weighted by Gasteiger charge is -2.40. The van der Waals surface area contributed by atoms with E-state index in [4.69, 9.17) is 4.74 Å². The lowest BCUT2D eigenvalue weighted by Crippen LogP contribution is -2.50. The molecule has 1 rings (SSSR count). The van der Waals surface area contributed by atoms with Crippen molar-refractivity contribution in [3.63, 3.8) is 0 Å². The van der Waals surface area contributed by atoms with Gasteiger partial charge in [-0.1, -0.05) is 6.92 Å². The van der Waals surface area contributed by atoms with Gasteiger partial charge < -0.3 is 15.0 Å². The Bertz CT molecular complexity index is 176. The number of methoxy groups -OCH3 is 1. The molecule has 1 fully saturated rings. The Hall–Kier alpha value is -0.120. The van der Waals surface area contributed by atoms with E-state index in [-0.39, 0.29) is 0 Å². The second-order valence-corrected chi connectivity index (χ2v) is 5.17. The second-order valence-electron chi connectivity index (χ2n) is 5.17. The van der Waals surface area contributed by atoms with Gasteiger partial charge in [-0.2, -0.15) is 0 Å². The molecular formula is C12H26N2O. The van der Waals surface area contributed by atoms with Gasteiger partial charge in [-0.15, -0.1) is 0 Å². The highest BCUT2D eigenvalue weighted by Gasteiger charge is 2.28. The molecule has 0 aromatic heterocycles. The first-order chi connectivity index (χ1) is 7.09. The van der Waals surface area contributed by atoms with Gasteiger partial charge in [-0.05, 0) is 45.8 Å². The van der Waals surface area contributed by atoms with Crippen LogP contribution in [0.25, 0.3) is 0 Å². The number of ether oxygens (including phenoxy) is 1. The summed E-state index contributed by atoms with van der Waals surface area (Å²) in [5.41, 5.74) is 0.362. The predicted molar refractivity (Wildman–Crippen MR) is 64.2 cm³/mol. The van der Waals surface area contributed by atoms with Crippen LogP contribution in [0.15, 0.2) is 0 Å². The SMILES string of the molecule is CNC1(C)CCN(CC(C)COC)CC1. The maximum atomic E-state index is 5.17. The summed E-state index contributed by atoms with van der Waals surface area (Å²) in [6.45, 7) is 9.06. The van der Waals surface area contributed by atoms with E-state index in [0.717, 1.165) is 6.61 Å². The fraction of sp³-hybridized carbons (Fsp3) is 1.00. The molecule has 3 nitrogen and oxygen atoms in total. The average molecular weight is 214 g/mol. The number of hydrogen-bond acceptors (Lipinski definition) is 3. The third-order valence-electron chi connectivity index (χ3n) is 3.58. The molecule has 1 aliphatic heterocycles. The maximum Gasteiger partial charge on any atom is 0.0500 e. The summed E-state index contributed by atoms with van der Waals surface area (Å²) in [4.78, 5) is 2.56. The van der Waals surface area contributed by atoms with Crippen LogP contribution in [-0.2, 0) is 4.74 Å². The third-order valence-corrected chi connectivity index (χ3v) is 3.58. The second kappa shape index (κ2) is 5.83. The molecule has 0 radical (unpaired) electrons. The number of rotatable bonds is 5. The number of likely N-dealkylation sites (tertiary alicyclic amines) is 1. The summed E-state index contributed by atoms with van der Waals surface area (Å²) in [6, 6.07) is 0. The van der Waals surface area contributed by atoms with Crippen molar-refractivity contribution in [2.45, 2.75) is 32.2 Å². The molecule has 15 heavy (non-hydrogen) atoms. The Labute approximate surface area is 94.2 Å². The van der Waals surface area contributed by atoms with Crippen LogP contribution in [0, 0.1) is 5.92 Å². The first kappa shape index (κ1) is 12.9. The van der Waals surface area contributed by atoms with Crippen molar-refractivity contribution in [2.24, 2.45) is 5.92 Å². The largest absolute Gasteiger partial charge is 0.384 e. The lowest BCUT2D eigenvalue weighted by molar-refractivity contribution is 0.0996. The zero-order valence-electron chi connectivity index (χ0n) is 10.7. The number of nitrogens with one attached hydrogen (secondary N) is 1. The molecule has 1 atom stereocenters. The van der Waals surface area contributed by atoms with Crippen molar-refractivity contribution < 1.29 is 4.74 Å². The van der Waals surface area contributed by atoms with Gasteiger partial charge in [0.1, 0.15) is 0 Å². The summed E-state index contributed by atoms with van der Waals surface area (Å²) in [5, 5.41) is 3.43. The van der Waals surface area contributed by atoms with Crippen molar-refractivity contribution in [1.82, 2.24) is 10.2 Å². The van der Waals surface area contributed by atoms with Crippen molar-refractivity contribution in [1.29, 1.82) is 0 Å². The van der Waals surface area contributed by atoms with E-state index in [1.54, 1.807) is 7.11 Å². The Morgan fingerprint density at radius 3 is 2.47 bits per heavy atom. The van der Waals surface area contributed by atoms with Crippen LogP contribution in [0.5, 0.6) is 0 Å². The highest BCUT2D eigenvalue weighted by Crippen LogP contribution is 2.21. The molecule has 0 aromatic carbocycles. The zero-order chi connectivity index (χ0) is 11.3. The fourth-order valence-electron chi connectivity index (χ4n) is 2.26. The van der Waals surface area contributed by atoms with Crippen LogP contribution >= 0.6 is 0 Å². The van der Waals surface area contributed by atoms with Crippen LogP contribution in [0.2, 0.25) is 0 Å². The molecule has 0 bridgehead atoms. The Balaban J connectivity index is 2.25. The molecule has 0 saturated carbocycles. The van der Waals surface area contributed by atoms with E-state index >= 15 is 0 Å². The Morgan fingerprint density at radius 1 is 1.40 bits per heavy atom. The number of nitrogens with zero attached hydrogens (tertiary/aromatic N) is 1. The molecule has 0 amide bonds. The van der Waals surface area contributed by atoms with Crippen molar-refractivity contribution in [3.05, 3.63) is 0 Å². The van der Waals surface area contributed by atoms with Crippen molar-refractivity contribution in [2.75, 3.05) is 40.4 Å². The maximum absolute atomic E-state index is 5.17. The Morgan fingerprint density at radius 2 is 2.00 bits per heavy atom. The Kier molecular flexibility index (Phi) is 5.03. The molecular weight excluding hydrogens is 188 g/mol. The van der Waals surface area contributed by atoms with Crippen molar-refractivity contribution >= 4 is 0 Å². The van der Waals surface area contributed by atoms with E-state index in [2.05, 4.69) is 31.1 Å².